The van der Waals surface area contributed by atoms with Crippen LogP contribution in [0.5, 0.6) is 0 Å². The zero-order valence-corrected chi connectivity index (χ0v) is 13.7. The second-order valence-electron chi connectivity index (χ2n) is 5.40. The predicted molar refractivity (Wildman–Crippen MR) is 93.3 cm³/mol. The van der Waals surface area contributed by atoms with Crippen LogP contribution in [0, 0.1) is 0 Å². The average Bonchev–Trinajstić information content (AvgIpc) is 2.61. The van der Waals surface area contributed by atoms with Crippen molar-refractivity contribution >= 4 is 33.9 Å². The molecule has 0 atom stereocenters. The van der Waals surface area contributed by atoms with Crippen LogP contribution in [0.4, 0.5) is 5.82 Å². The Balaban J connectivity index is 1.45. The molecule has 8 heteroatoms. The first-order valence-corrected chi connectivity index (χ1v) is 8.15. The van der Waals surface area contributed by atoms with Crippen molar-refractivity contribution < 1.29 is 9.64 Å². The third kappa shape index (κ3) is 4.47. The van der Waals surface area contributed by atoms with Gasteiger partial charge >= 0.3 is 0 Å². The monoisotopic (exact) mass is 333 g/mol. The fourth-order valence-electron chi connectivity index (χ4n) is 2.54. The molecule has 1 aliphatic heterocycles. The number of quaternary nitrogens is 1. The molecule has 0 bridgehead atoms. The van der Waals surface area contributed by atoms with Gasteiger partial charge in [-0.2, -0.15) is 5.10 Å². The van der Waals surface area contributed by atoms with Crippen LogP contribution >= 0.6 is 12.2 Å². The second-order valence-corrected chi connectivity index (χ2v) is 5.81. The van der Waals surface area contributed by atoms with E-state index < -0.39 is 0 Å². The summed E-state index contributed by atoms with van der Waals surface area (Å²) in [5.41, 5.74) is 5.98. The number of ether oxygens (including phenoxy) is 1. The Hall–Kier alpha value is -2.03. The zero-order chi connectivity index (χ0) is 15.9. The van der Waals surface area contributed by atoms with Gasteiger partial charge in [0.2, 0.25) is 0 Å². The summed E-state index contributed by atoms with van der Waals surface area (Å²) in [7, 11) is 0. The van der Waals surface area contributed by atoms with Crippen LogP contribution in [0.1, 0.15) is 0 Å². The molecule has 122 valence electrons. The van der Waals surface area contributed by atoms with Gasteiger partial charge in [-0.3, -0.25) is 10.9 Å². The van der Waals surface area contributed by atoms with Gasteiger partial charge in [-0.05, 0) is 12.2 Å². The number of hydrogen-bond acceptors (Lipinski definition) is 5. The fraction of sp³-hybridized carbons (Fsp3) is 0.400. The van der Waals surface area contributed by atoms with Gasteiger partial charge in [0, 0.05) is 10.8 Å². The number of thiocarbonyl (C=S) groups is 1. The summed E-state index contributed by atoms with van der Waals surface area (Å²) in [6.07, 6.45) is 1.74. The third-order valence-corrected chi connectivity index (χ3v) is 4.08. The van der Waals surface area contributed by atoms with Crippen LogP contribution in [0.2, 0.25) is 0 Å². The molecular weight excluding hydrogens is 312 g/mol. The van der Waals surface area contributed by atoms with Gasteiger partial charge in [-0.15, -0.1) is 5.10 Å². The lowest BCUT2D eigenvalue weighted by molar-refractivity contribution is -0.906. The van der Waals surface area contributed by atoms with E-state index in [-0.39, 0.29) is 0 Å². The highest BCUT2D eigenvalue weighted by molar-refractivity contribution is 7.80. The van der Waals surface area contributed by atoms with E-state index in [1.165, 1.54) is 0 Å². The lowest BCUT2D eigenvalue weighted by Crippen LogP contribution is -3.14. The molecule has 23 heavy (non-hydrogen) atoms. The van der Waals surface area contributed by atoms with E-state index in [4.69, 9.17) is 17.0 Å². The Morgan fingerprint density at radius 3 is 2.96 bits per heavy atom. The van der Waals surface area contributed by atoms with E-state index in [1.807, 2.05) is 24.3 Å². The first kappa shape index (κ1) is 15.9. The van der Waals surface area contributed by atoms with Crippen molar-refractivity contribution in [3.63, 3.8) is 0 Å². The minimum atomic E-state index is 0.549. The number of anilines is 1. The van der Waals surface area contributed by atoms with Crippen molar-refractivity contribution in [1.29, 1.82) is 0 Å². The number of nitrogens with zero attached hydrogens (tertiary/aromatic N) is 2. The van der Waals surface area contributed by atoms with Crippen molar-refractivity contribution in [2.75, 3.05) is 44.8 Å². The van der Waals surface area contributed by atoms with E-state index in [1.54, 1.807) is 11.1 Å². The van der Waals surface area contributed by atoms with Gasteiger partial charge in [-0.25, -0.2) is 0 Å². The number of aromatic nitrogens is 2. The van der Waals surface area contributed by atoms with Crippen LogP contribution < -0.4 is 21.1 Å². The smallest absolute Gasteiger partial charge is 0.185 e. The van der Waals surface area contributed by atoms with Crippen molar-refractivity contribution in [2.24, 2.45) is 0 Å². The highest BCUT2D eigenvalue weighted by Crippen LogP contribution is 2.18. The molecule has 0 aliphatic carbocycles. The Labute approximate surface area is 140 Å². The first-order chi connectivity index (χ1) is 11.3. The molecule has 0 saturated carbocycles. The SMILES string of the molecule is S=C(NCC[NH+]1CCOCC1)NNc1nncc2ccccc12. The van der Waals surface area contributed by atoms with E-state index in [2.05, 4.69) is 26.4 Å². The Bertz CT molecular complexity index is 656. The summed E-state index contributed by atoms with van der Waals surface area (Å²) in [5.74, 6) is 0.658. The fourth-order valence-corrected chi connectivity index (χ4v) is 2.70. The number of rotatable bonds is 5. The summed E-state index contributed by atoms with van der Waals surface area (Å²) < 4.78 is 5.35. The Morgan fingerprint density at radius 1 is 1.26 bits per heavy atom. The van der Waals surface area contributed by atoms with Gasteiger partial charge in [0.05, 0.1) is 32.5 Å². The zero-order valence-electron chi connectivity index (χ0n) is 12.8. The molecule has 1 aromatic carbocycles. The predicted octanol–water partition coefficient (Wildman–Crippen LogP) is -0.664. The molecule has 4 N–H and O–H groups in total. The van der Waals surface area contributed by atoms with Crippen LogP contribution in [-0.2, 0) is 4.74 Å². The van der Waals surface area contributed by atoms with Gasteiger partial charge < -0.3 is 15.0 Å². The van der Waals surface area contributed by atoms with Crippen LogP contribution in [0.15, 0.2) is 30.5 Å². The van der Waals surface area contributed by atoms with Gasteiger partial charge in [0.25, 0.3) is 0 Å². The summed E-state index contributed by atoms with van der Waals surface area (Å²) in [4.78, 5) is 1.54. The lowest BCUT2D eigenvalue weighted by Gasteiger charge is -2.24. The number of hydrazine groups is 1. The average molecular weight is 333 g/mol. The normalized spacial score (nSPS) is 15.3. The molecule has 3 rings (SSSR count). The number of benzene rings is 1. The minimum absolute atomic E-state index is 0.549. The van der Waals surface area contributed by atoms with Crippen LogP contribution in [0.25, 0.3) is 10.8 Å². The molecule has 0 unspecified atom stereocenters. The topological polar surface area (TPSA) is 75.5 Å². The summed E-state index contributed by atoms with van der Waals surface area (Å²) in [6.45, 7) is 5.67. The highest BCUT2D eigenvalue weighted by Gasteiger charge is 2.12. The minimum Gasteiger partial charge on any atom is -0.370 e. The molecule has 2 heterocycles. The molecule has 7 nitrogen and oxygen atoms in total. The van der Waals surface area contributed by atoms with Crippen molar-refractivity contribution in [3.8, 4) is 0 Å². The first-order valence-electron chi connectivity index (χ1n) is 7.74. The van der Waals surface area contributed by atoms with Crippen molar-refractivity contribution in [1.82, 2.24) is 20.9 Å². The van der Waals surface area contributed by atoms with Gasteiger partial charge in [0.1, 0.15) is 13.1 Å². The molecule has 1 fully saturated rings. The standard InChI is InChI=1S/C15H20N6OS/c23-15(16-5-6-21-7-9-22-10-8-21)20-19-14-13-4-2-1-3-12(13)11-17-18-14/h1-4,11H,5-10H2,(H,18,19)(H2,16,20,23)/p+1. The maximum Gasteiger partial charge on any atom is 0.185 e. The van der Waals surface area contributed by atoms with E-state index in [0.717, 1.165) is 50.2 Å². The molecule has 2 aromatic rings. The Kier molecular flexibility index (Phi) is 5.51. The molecule has 1 aliphatic rings. The maximum absolute atomic E-state index is 5.35. The second kappa shape index (κ2) is 8.00. The van der Waals surface area contributed by atoms with Crippen LogP contribution in [0.3, 0.4) is 0 Å². The van der Waals surface area contributed by atoms with Crippen LogP contribution in [-0.4, -0.2) is 54.7 Å². The number of hydrogen-bond donors (Lipinski definition) is 4. The molecule has 1 aromatic heterocycles. The van der Waals surface area contributed by atoms with E-state index >= 15 is 0 Å². The van der Waals surface area contributed by atoms with Gasteiger partial charge in [0.15, 0.2) is 10.9 Å². The quantitative estimate of drug-likeness (QED) is 0.427. The van der Waals surface area contributed by atoms with Crippen molar-refractivity contribution in [2.45, 2.75) is 0 Å². The summed E-state index contributed by atoms with van der Waals surface area (Å²) in [5, 5.41) is 13.9. The summed E-state index contributed by atoms with van der Waals surface area (Å²) in [6, 6.07) is 7.93. The number of fused-ring (bicyclic) bond motifs is 1. The highest BCUT2D eigenvalue weighted by atomic mass is 32.1. The third-order valence-electron chi connectivity index (χ3n) is 3.83. The number of morpholine rings is 1. The lowest BCUT2D eigenvalue weighted by atomic mass is 10.2. The van der Waals surface area contributed by atoms with E-state index in [9.17, 15) is 0 Å². The molecule has 0 amide bonds. The number of nitrogens with one attached hydrogen (secondary N) is 4. The molecule has 0 radical (unpaired) electrons. The van der Waals surface area contributed by atoms with Gasteiger partial charge in [-0.1, -0.05) is 24.3 Å². The summed E-state index contributed by atoms with van der Waals surface area (Å²) >= 11 is 5.28. The largest absolute Gasteiger partial charge is 0.370 e. The van der Waals surface area contributed by atoms with Crippen molar-refractivity contribution in [3.05, 3.63) is 30.5 Å². The molecule has 1 saturated heterocycles. The Morgan fingerprint density at radius 2 is 2.09 bits per heavy atom. The van der Waals surface area contributed by atoms with E-state index in [0.29, 0.717) is 10.9 Å². The molecule has 0 spiro atoms. The maximum atomic E-state index is 5.35. The molecular formula is C15H21N6OS+.